The number of fused-ring (bicyclic) bond motifs is 2. The van der Waals surface area contributed by atoms with Crippen LogP contribution in [0.15, 0.2) is 0 Å². The summed E-state index contributed by atoms with van der Waals surface area (Å²) in [6.07, 6.45) is 1.76. The lowest BCUT2D eigenvalue weighted by atomic mass is 9.94. The van der Waals surface area contributed by atoms with E-state index in [1.54, 1.807) is 7.11 Å². The molecule has 0 bridgehead atoms. The molecule has 0 radical (unpaired) electrons. The number of hydrogen-bond acceptors (Lipinski definition) is 4. The molecule has 0 fully saturated rings. The van der Waals surface area contributed by atoms with Gasteiger partial charge in [-0.15, -0.1) is 0 Å². The molecule has 0 aliphatic carbocycles. The molecule has 0 aromatic heterocycles. The van der Waals surface area contributed by atoms with Gasteiger partial charge in [-0.1, -0.05) is 0 Å². The number of hydrogen-bond donors (Lipinski definition) is 1. The van der Waals surface area contributed by atoms with Crippen LogP contribution in [0.3, 0.4) is 0 Å². The predicted octanol–water partition coefficient (Wildman–Crippen LogP) is 1.58. The third-order valence-electron chi connectivity index (χ3n) is 3.45. The Bertz CT molecular complexity index is 433. The summed E-state index contributed by atoms with van der Waals surface area (Å²) in [7, 11) is 1.68. The van der Waals surface area contributed by atoms with Gasteiger partial charge in [0, 0.05) is 35.6 Å². The average Bonchev–Trinajstić information content (AvgIpc) is 2.92. The van der Waals surface area contributed by atoms with Gasteiger partial charge in [0.25, 0.3) is 0 Å². The van der Waals surface area contributed by atoms with Gasteiger partial charge in [0.2, 0.25) is 0 Å². The second-order valence-corrected chi connectivity index (χ2v) is 4.55. The van der Waals surface area contributed by atoms with Crippen molar-refractivity contribution in [2.24, 2.45) is 5.73 Å². The van der Waals surface area contributed by atoms with Gasteiger partial charge in [0.05, 0.1) is 20.3 Å². The van der Waals surface area contributed by atoms with E-state index in [1.165, 1.54) is 0 Å². The van der Waals surface area contributed by atoms with Gasteiger partial charge >= 0.3 is 0 Å². The predicted molar refractivity (Wildman–Crippen MR) is 64.0 cm³/mol. The van der Waals surface area contributed by atoms with Crippen molar-refractivity contribution in [1.82, 2.24) is 0 Å². The van der Waals surface area contributed by atoms with Gasteiger partial charge in [-0.05, 0) is 6.92 Å². The van der Waals surface area contributed by atoms with Crippen LogP contribution in [0.2, 0.25) is 0 Å². The highest BCUT2D eigenvalue weighted by Crippen LogP contribution is 2.50. The summed E-state index contributed by atoms with van der Waals surface area (Å²) in [6, 6.07) is -0.0387. The molecule has 17 heavy (non-hydrogen) atoms. The first-order chi connectivity index (χ1) is 8.24. The molecule has 1 aromatic carbocycles. The van der Waals surface area contributed by atoms with E-state index >= 15 is 0 Å². The number of benzene rings is 1. The van der Waals surface area contributed by atoms with Gasteiger partial charge in [-0.25, -0.2) is 0 Å². The molecule has 4 nitrogen and oxygen atoms in total. The lowest BCUT2D eigenvalue weighted by Crippen LogP contribution is -2.10. The second kappa shape index (κ2) is 3.81. The zero-order valence-corrected chi connectivity index (χ0v) is 10.2. The minimum Gasteiger partial charge on any atom is -0.492 e. The molecule has 1 atom stereocenters. The fraction of sp³-hybridized carbons (Fsp3) is 0.538. The van der Waals surface area contributed by atoms with Gasteiger partial charge in [-0.3, -0.25) is 0 Å². The van der Waals surface area contributed by atoms with Crippen LogP contribution < -0.4 is 19.9 Å². The van der Waals surface area contributed by atoms with Crippen LogP contribution in [0.5, 0.6) is 17.2 Å². The van der Waals surface area contributed by atoms with Crippen LogP contribution in [0.1, 0.15) is 29.7 Å². The highest BCUT2D eigenvalue weighted by molar-refractivity contribution is 5.66. The molecule has 2 aliphatic rings. The van der Waals surface area contributed by atoms with Crippen LogP contribution in [0, 0.1) is 0 Å². The zero-order chi connectivity index (χ0) is 12.0. The molecular weight excluding hydrogens is 218 g/mol. The molecule has 2 heterocycles. The highest BCUT2D eigenvalue weighted by Gasteiger charge is 2.33. The summed E-state index contributed by atoms with van der Waals surface area (Å²) in [6.45, 7) is 3.39. The fourth-order valence-corrected chi connectivity index (χ4v) is 2.80. The number of ether oxygens (including phenoxy) is 3. The van der Waals surface area contributed by atoms with Crippen molar-refractivity contribution < 1.29 is 14.2 Å². The summed E-state index contributed by atoms with van der Waals surface area (Å²) in [5, 5.41) is 0. The maximum atomic E-state index is 6.07. The van der Waals surface area contributed by atoms with Crippen molar-refractivity contribution >= 4 is 0 Å². The standard InChI is InChI=1S/C13H17NO3/c1-7(14)10-8-3-5-17-13(8)12(15-2)9-4-6-16-11(9)10/h7H,3-6,14H2,1-2H3. The largest absolute Gasteiger partial charge is 0.492 e. The number of nitrogens with two attached hydrogens (primary N) is 1. The van der Waals surface area contributed by atoms with Crippen molar-refractivity contribution in [1.29, 1.82) is 0 Å². The molecule has 0 saturated carbocycles. The maximum absolute atomic E-state index is 6.07. The van der Waals surface area contributed by atoms with E-state index in [4.69, 9.17) is 19.9 Å². The summed E-state index contributed by atoms with van der Waals surface area (Å²) in [4.78, 5) is 0. The zero-order valence-electron chi connectivity index (χ0n) is 10.2. The molecule has 1 unspecified atom stereocenters. The normalized spacial score (nSPS) is 18.1. The van der Waals surface area contributed by atoms with Gasteiger partial charge < -0.3 is 19.9 Å². The molecule has 2 N–H and O–H groups in total. The molecule has 0 amide bonds. The lowest BCUT2D eigenvalue weighted by Gasteiger charge is -2.18. The van der Waals surface area contributed by atoms with Crippen molar-refractivity contribution in [2.45, 2.75) is 25.8 Å². The minimum absolute atomic E-state index is 0.0387. The lowest BCUT2D eigenvalue weighted by molar-refractivity contribution is 0.324. The number of methoxy groups -OCH3 is 1. The summed E-state index contributed by atoms with van der Waals surface area (Å²) >= 11 is 0. The first-order valence-electron chi connectivity index (χ1n) is 6.00. The maximum Gasteiger partial charge on any atom is 0.168 e. The second-order valence-electron chi connectivity index (χ2n) is 4.55. The molecule has 4 heteroatoms. The first kappa shape index (κ1) is 10.7. The smallest absolute Gasteiger partial charge is 0.168 e. The van der Waals surface area contributed by atoms with E-state index < -0.39 is 0 Å². The van der Waals surface area contributed by atoms with Crippen molar-refractivity contribution in [3.63, 3.8) is 0 Å². The Kier molecular flexibility index (Phi) is 2.40. The van der Waals surface area contributed by atoms with Crippen LogP contribution in [0.4, 0.5) is 0 Å². The molecule has 0 saturated heterocycles. The topological polar surface area (TPSA) is 53.7 Å². The Labute approximate surface area is 101 Å². The summed E-state index contributed by atoms with van der Waals surface area (Å²) < 4.78 is 16.9. The van der Waals surface area contributed by atoms with E-state index in [0.29, 0.717) is 13.2 Å². The molecular formula is C13H17NO3. The summed E-state index contributed by atoms with van der Waals surface area (Å²) in [5.74, 6) is 2.65. The molecule has 0 spiro atoms. The van der Waals surface area contributed by atoms with Crippen LogP contribution in [0.25, 0.3) is 0 Å². The third-order valence-corrected chi connectivity index (χ3v) is 3.45. The van der Waals surface area contributed by atoms with Crippen molar-refractivity contribution in [2.75, 3.05) is 20.3 Å². The summed E-state index contributed by atoms with van der Waals surface area (Å²) in [5.41, 5.74) is 9.45. The van der Waals surface area contributed by atoms with E-state index in [9.17, 15) is 0 Å². The van der Waals surface area contributed by atoms with E-state index in [2.05, 4.69) is 0 Å². The van der Waals surface area contributed by atoms with E-state index in [0.717, 1.165) is 46.8 Å². The Hall–Kier alpha value is -1.42. The Morgan fingerprint density at radius 1 is 1.12 bits per heavy atom. The van der Waals surface area contributed by atoms with Crippen molar-refractivity contribution in [3.8, 4) is 17.2 Å². The molecule has 3 rings (SSSR count). The van der Waals surface area contributed by atoms with Gasteiger partial charge in [0.15, 0.2) is 11.5 Å². The van der Waals surface area contributed by atoms with Crippen LogP contribution in [-0.4, -0.2) is 20.3 Å². The van der Waals surface area contributed by atoms with Crippen molar-refractivity contribution in [3.05, 3.63) is 16.7 Å². The van der Waals surface area contributed by atoms with E-state index in [1.807, 2.05) is 6.92 Å². The SMILES string of the molecule is COc1c2c(c(C(C)N)c3c1OCC3)OCC2. The molecule has 92 valence electrons. The monoisotopic (exact) mass is 235 g/mol. The third kappa shape index (κ3) is 1.40. The van der Waals surface area contributed by atoms with Crippen LogP contribution in [-0.2, 0) is 12.8 Å². The minimum atomic E-state index is -0.0387. The Balaban J connectivity index is 2.30. The average molecular weight is 235 g/mol. The molecule has 2 aliphatic heterocycles. The number of rotatable bonds is 2. The van der Waals surface area contributed by atoms with Gasteiger partial charge in [-0.2, -0.15) is 0 Å². The quantitative estimate of drug-likeness (QED) is 0.845. The first-order valence-corrected chi connectivity index (χ1v) is 6.00. The van der Waals surface area contributed by atoms with Crippen LogP contribution >= 0.6 is 0 Å². The highest BCUT2D eigenvalue weighted by atomic mass is 16.5. The van der Waals surface area contributed by atoms with E-state index in [-0.39, 0.29) is 6.04 Å². The molecule has 1 aromatic rings. The Morgan fingerprint density at radius 2 is 1.76 bits per heavy atom. The fourth-order valence-electron chi connectivity index (χ4n) is 2.80. The van der Waals surface area contributed by atoms with Gasteiger partial charge in [0.1, 0.15) is 5.75 Å². The Morgan fingerprint density at radius 3 is 2.41 bits per heavy atom.